The van der Waals surface area contributed by atoms with E-state index in [0.717, 1.165) is 61.2 Å². The highest BCUT2D eigenvalue weighted by Gasteiger charge is 2.57. The van der Waals surface area contributed by atoms with Crippen molar-refractivity contribution in [2.75, 3.05) is 35.4 Å². The molecule has 12 nitrogen and oxygen atoms in total. The predicted octanol–water partition coefficient (Wildman–Crippen LogP) is 6.33. The van der Waals surface area contributed by atoms with Gasteiger partial charge < -0.3 is 42.8 Å². The van der Waals surface area contributed by atoms with Gasteiger partial charge in [0.2, 0.25) is 0 Å². The number of aryl methyl sites for hydroxylation is 1. The molecule has 4 heterocycles. The number of esters is 1. The zero-order valence-corrected chi connectivity index (χ0v) is 36.0. The number of ketones is 1. The Balaban J connectivity index is 1.18. The van der Waals surface area contributed by atoms with Gasteiger partial charge in [0.25, 0.3) is 0 Å². The molecule has 3 saturated heterocycles. The number of hydrogen-bond acceptors (Lipinski definition) is 13. The lowest BCUT2D eigenvalue weighted by Gasteiger charge is -2.44. The Hall–Kier alpha value is -1.81. The average molecular weight is 803 g/mol. The summed E-state index contributed by atoms with van der Waals surface area (Å²) in [5.74, 6) is -0.564. The van der Waals surface area contributed by atoms with Crippen LogP contribution in [0.4, 0.5) is 0 Å². The first-order chi connectivity index (χ1) is 26.9. The molecule has 6 unspecified atom stereocenters. The molecule has 7 rings (SSSR count). The van der Waals surface area contributed by atoms with Crippen LogP contribution in [0.1, 0.15) is 113 Å². The molecule has 0 radical (unpaired) electrons. The third kappa shape index (κ3) is 8.19. The normalized spacial score (nSPS) is 43.2. The molecule has 3 aliphatic carbocycles. The Morgan fingerprint density at radius 3 is 2.32 bits per heavy atom. The van der Waals surface area contributed by atoms with E-state index in [1.807, 2.05) is 13.8 Å². The van der Waals surface area contributed by atoms with E-state index < -0.39 is 18.3 Å². The third-order valence-electron chi connectivity index (χ3n) is 14.0. The molecule has 3 aliphatic heterocycles. The van der Waals surface area contributed by atoms with Gasteiger partial charge in [-0.2, -0.15) is 0 Å². The first-order valence-electron chi connectivity index (χ1n) is 21.2. The van der Waals surface area contributed by atoms with Crippen LogP contribution >= 0.6 is 11.3 Å². The Morgan fingerprint density at radius 1 is 0.893 bits per heavy atom. The number of carbonyl (C=O) groups excluding carboxylic acids is 2. The van der Waals surface area contributed by atoms with E-state index in [1.54, 1.807) is 32.7 Å². The van der Waals surface area contributed by atoms with E-state index in [4.69, 9.17) is 42.9 Å². The second-order valence-corrected chi connectivity index (χ2v) is 18.7. The van der Waals surface area contributed by atoms with Crippen molar-refractivity contribution in [2.24, 2.45) is 23.7 Å². The monoisotopic (exact) mass is 802 g/mol. The molecule has 1 saturated carbocycles. The van der Waals surface area contributed by atoms with Crippen molar-refractivity contribution in [1.29, 1.82) is 0 Å². The van der Waals surface area contributed by atoms with Crippen LogP contribution in [-0.4, -0.2) is 125 Å². The number of thiazole rings is 1. The lowest BCUT2D eigenvalue weighted by Crippen LogP contribution is -2.59. The second-order valence-electron chi connectivity index (χ2n) is 17.5. The summed E-state index contributed by atoms with van der Waals surface area (Å²) in [5, 5.41) is 0.998. The molecule has 17 atom stereocenters. The molecule has 4 fully saturated rings. The predicted molar refractivity (Wildman–Crippen MR) is 210 cm³/mol. The highest BCUT2D eigenvalue weighted by molar-refractivity contribution is 7.11. The van der Waals surface area contributed by atoms with E-state index >= 15 is 0 Å². The zero-order chi connectivity index (χ0) is 40.0. The molecular weight excluding hydrogens is 737 g/mol. The molecule has 13 heteroatoms. The Morgan fingerprint density at radius 2 is 1.64 bits per heavy atom. The number of Topliss-reactive ketones (excluding diaryl/α,β-unsaturated/α-hetero) is 1. The Labute approximate surface area is 337 Å². The van der Waals surface area contributed by atoms with Gasteiger partial charge in [0.1, 0.15) is 24.4 Å². The van der Waals surface area contributed by atoms with Crippen LogP contribution in [0, 0.1) is 30.6 Å². The number of nitrogens with zero attached hydrogens (tertiary/aromatic N) is 2. The minimum atomic E-state index is -0.627. The molecular formula is C43H66N2O10S. The van der Waals surface area contributed by atoms with Gasteiger partial charge in [-0.25, -0.2) is 4.98 Å². The summed E-state index contributed by atoms with van der Waals surface area (Å²) in [6.45, 7) is 10.2. The molecule has 0 spiro atoms. The lowest BCUT2D eigenvalue weighted by atomic mass is 9.67. The standard InChI is InChI=1S/C43H66N2O10S/c1-11-25-13-12-14-33(55-35-16-15-32(45(6)7)22(3)51-35)21(2)38(47)30-19-28-27-17-26(54-43-41(50-10)40(49-9)39(48-8)23(4)52-43)18-31(27)42-37(44-24(5)56-42)36(28)29(30)20-34(46)53-25/h19,21-23,25-29,31-33,35-36,39-41,43H,11-18,20H2,1-10H3/t21-,22?,23?,25+,26+,27+,28+,29-,31-,32+,33+,35+,36-,39?,40?,41?,43?/m1/s1. The fourth-order valence-corrected chi connectivity index (χ4v) is 12.4. The first-order valence-corrected chi connectivity index (χ1v) is 22.0. The summed E-state index contributed by atoms with van der Waals surface area (Å²) < 4.78 is 50.1. The van der Waals surface area contributed by atoms with E-state index in [1.165, 1.54) is 4.88 Å². The van der Waals surface area contributed by atoms with E-state index in [-0.39, 0.29) is 96.8 Å². The average Bonchev–Trinajstić information content (AvgIpc) is 3.87. The van der Waals surface area contributed by atoms with E-state index in [9.17, 15) is 9.59 Å². The van der Waals surface area contributed by atoms with Crippen molar-refractivity contribution in [3.63, 3.8) is 0 Å². The van der Waals surface area contributed by atoms with Gasteiger partial charge in [0.15, 0.2) is 18.4 Å². The maximum atomic E-state index is 15.0. The summed E-state index contributed by atoms with van der Waals surface area (Å²) in [5.41, 5.74) is 1.77. The SMILES string of the molecule is CC[C@H]1CCC[C@H](O[C@H]2CC[C@H](N(C)C)C(C)O2)[C@@H](C)C(=O)C2=C[C@H]3[C@@H]4C[C@H](OC5OC(C)C(OC)C(OC)C5OC)C[C@H]4c4sc(C)nc4[C@H]3[C@@H]2CC(=O)O1. The van der Waals surface area contributed by atoms with Crippen molar-refractivity contribution in [1.82, 2.24) is 9.88 Å². The molecule has 0 N–H and O–H groups in total. The fourth-order valence-electron chi connectivity index (χ4n) is 11.2. The van der Waals surface area contributed by atoms with Gasteiger partial charge in [0, 0.05) is 55.9 Å². The minimum absolute atomic E-state index is 0.0231. The van der Waals surface area contributed by atoms with Crippen molar-refractivity contribution in [3.05, 3.63) is 27.2 Å². The van der Waals surface area contributed by atoms with E-state index in [2.05, 4.69) is 45.8 Å². The van der Waals surface area contributed by atoms with Crippen LogP contribution in [0.3, 0.4) is 0 Å². The van der Waals surface area contributed by atoms with Crippen LogP contribution in [0.5, 0.6) is 0 Å². The van der Waals surface area contributed by atoms with Crippen molar-refractivity contribution in [3.8, 4) is 0 Å². The number of allylic oxidation sites excluding steroid dienone is 2. The van der Waals surface area contributed by atoms with Gasteiger partial charge >= 0.3 is 5.97 Å². The molecule has 0 amide bonds. The van der Waals surface area contributed by atoms with Crippen molar-refractivity contribution in [2.45, 2.75) is 172 Å². The Kier molecular flexibility index (Phi) is 13.5. The van der Waals surface area contributed by atoms with Crippen LogP contribution < -0.4 is 0 Å². The van der Waals surface area contributed by atoms with Crippen LogP contribution in [0.15, 0.2) is 11.6 Å². The number of cyclic esters (lactones) is 1. The number of aromatic nitrogens is 1. The molecule has 1 aromatic rings. The first kappa shape index (κ1) is 42.3. The van der Waals surface area contributed by atoms with Crippen LogP contribution in [0.25, 0.3) is 0 Å². The maximum Gasteiger partial charge on any atom is 0.306 e. The van der Waals surface area contributed by atoms with E-state index in [0.29, 0.717) is 12.5 Å². The minimum Gasteiger partial charge on any atom is -0.462 e. The highest BCUT2D eigenvalue weighted by atomic mass is 32.1. The second kappa shape index (κ2) is 17.8. The lowest BCUT2D eigenvalue weighted by molar-refractivity contribution is -0.314. The molecule has 0 aromatic carbocycles. The van der Waals surface area contributed by atoms with Gasteiger partial charge in [-0.05, 0) is 104 Å². The number of rotatable bonds is 9. The van der Waals surface area contributed by atoms with Crippen molar-refractivity contribution >= 4 is 23.1 Å². The van der Waals surface area contributed by atoms with Gasteiger partial charge in [-0.1, -0.05) is 19.9 Å². The maximum absolute atomic E-state index is 15.0. The van der Waals surface area contributed by atoms with Gasteiger partial charge in [-0.3, -0.25) is 9.59 Å². The zero-order valence-electron chi connectivity index (χ0n) is 35.1. The molecule has 314 valence electrons. The number of ether oxygens (including phenoxy) is 8. The molecule has 56 heavy (non-hydrogen) atoms. The van der Waals surface area contributed by atoms with Gasteiger partial charge in [0.05, 0.1) is 41.5 Å². The van der Waals surface area contributed by atoms with Crippen molar-refractivity contribution < 1.29 is 47.5 Å². The summed E-state index contributed by atoms with van der Waals surface area (Å²) in [7, 11) is 9.16. The van der Waals surface area contributed by atoms with Crippen LogP contribution in [0.2, 0.25) is 0 Å². The topological polar surface area (TPSA) is 124 Å². The summed E-state index contributed by atoms with van der Waals surface area (Å²) in [4.78, 5) is 37.4. The summed E-state index contributed by atoms with van der Waals surface area (Å²) in [6, 6.07) is 0.326. The smallest absolute Gasteiger partial charge is 0.306 e. The number of methoxy groups -OCH3 is 3. The highest BCUT2D eigenvalue weighted by Crippen LogP contribution is 2.62. The third-order valence-corrected chi connectivity index (χ3v) is 15.1. The number of carbonyl (C=O) groups is 2. The molecule has 6 aliphatic rings. The fraction of sp³-hybridized carbons (Fsp3) is 0.837. The summed E-state index contributed by atoms with van der Waals surface area (Å²) in [6.07, 6.45) is 5.75. The Bertz CT molecular complexity index is 1570. The summed E-state index contributed by atoms with van der Waals surface area (Å²) >= 11 is 1.75. The number of likely N-dealkylation sites (N-methyl/N-ethyl adjacent to an activating group) is 1. The molecule has 0 bridgehead atoms. The number of fused-ring (bicyclic) bond motifs is 8. The van der Waals surface area contributed by atoms with Crippen LogP contribution in [-0.2, 0) is 47.5 Å². The number of hydrogen-bond donors (Lipinski definition) is 0. The quantitative estimate of drug-likeness (QED) is 0.259. The largest absolute Gasteiger partial charge is 0.462 e. The molecule has 1 aromatic heterocycles. The van der Waals surface area contributed by atoms with Gasteiger partial charge in [-0.15, -0.1) is 11.3 Å².